The number of rotatable bonds is 6. The molecule has 5 heteroatoms. The number of amides is 1. The highest BCUT2D eigenvalue weighted by molar-refractivity contribution is 7.99. The lowest BCUT2D eigenvalue weighted by atomic mass is 10.2. The zero-order valence-electron chi connectivity index (χ0n) is 9.63. The molecule has 0 saturated heterocycles. The second-order valence-corrected chi connectivity index (χ2v) is 5.00. The third-order valence-corrected chi connectivity index (χ3v) is 3.29. The molecular formula is C12H15ClFNOS. The average molecular weight is 276 g/mol. The van der Waals surface area contributed by atoms with Crippen molar-refractivity contribution < 1.29 is 9.18 Å². The van der Waals surface area contributed by atoms with Crippen LogP contribution in [-0.2, 0) is 10.5 Å². The molecule has 0 radical (unpaired) electrons. The third-order valence-electron chi connectivity index (χ3n) is 2.08. The molecule has 0 spiro atoms. The Morgan fingerprint density at radius 2 is 2.29 bits per heavy atom. The standard InChI is InChI=1S/C12H15ClFNOS/c1-2-5-15-12(16)8-17-7-9-3-4-10(13)6-11(9)14/h3-4,6H,2,5,7-8H2,1H3,(H,15,16). The molecule has 0 aliphatic heterocycles. The van der Waals surface area contributed by atoms with Crippen molar-refractivity contribution in [2.24, 2.45) is 0 Å². The molecule has 1 amide bonds. The van der Waals surface area contributed by atoms with Gasteiger partial charge in [-0.3, -0.25) is 4.79 Å². The van der Waals surface area contributed by atoms with E-state index in [0.717, 1.165) is 6.42 Å². The van der Waals surface area contributed by atoms with Crippen molar-refractivity contribution in [1.29, 1.82) is 0 Å². The number of carbonyl (C=O) groups is 1. The largest absolute Gasteiger partial charge is 0.355 e. The third kappa shape index (κ3) is 5.41. The van der Waals surface area contributed by atoms with Crippen molar-refractivity contribution in [1.82, 2.24) is 5.32 Å². The lowest BCUT2D eigenvalue weighted by molar-refractivity contribution is -0.118. The maximum absolute atomic E-state index is 13.4. The van der Waals surface area contributed by atoms with Crippen LogP contribution in [0.4, 0.5) is 4.39 Å². The molecule has 0 saturated carbocycles. The Hall–Kier alpha value is -0.740. The van der Waals surface area contributed by atoms with Gasteiger partial charge >= 0.3 is 0 Å². The molecule has 0 aliphatic rings. The minimum atomic E-state index is -0.320. The topological polar surface area (TPSA) is 29.1 Å². The van der Waals surface area contributed by atoms with Gasteiger partial charge in [0.25, 0.3) is 0 Å². The Morgan fingerprint density at radius 3 is 2.94 bits per heavy atom. The Kier molecular flexibility index (Phi) is 6.37. The first-order valence-electron chi connectivity index (χ1n) is 5.42. The summed E-state index contributed by atoms with van der Waals surface area (Å²) in [6.45, 7) is 2.69. The van der Waals surface area contributed by atoms with Gasteiger partial charge in [-0.15, -0.1) is 11.8 Å². The fraction of sp³-hybridized carbons (Fsp3) is 0.417. The zero-order chi connectivity index (χ0) is 12.7. The molecule has 1 aromatic rings. The first kappa shape index (κ1) is 14.3. The fourth-order valence-electron chi connectivity index (χ4n) is 1.21. The van der Waals surface area contributed by atoms with Crippen LogP contribution in [0.3, 0.4) is 0 Å². The highest BCUT2D eigenvalue weighted by Gasteiger charge is 2.05. The summed E-state index contributed by atoms with van der Waals surface area (Å²) in [5.74, 6) is 0.495. The minimum absolute atomic E-state index is 0.00813. The first-order valence-corrected chi connectivity index (χ1v) is 6.95. The van der Waals surface area contributed by atoms with Crippen LogP contribution in [-0.4, -0.2) is 18.2 Å². The number of hydrogen-bond donors (Lipinski definition) is 1. The monoisotopic (exact) mass is 275 g/mol. The molecule has 94 valence electrons. The second kappa shape index (κ2) is 7.56. The van der Waals surface area contributed by atoms with Gasteiger partial charge in [-0.05, 0) is 24.1 Å². The summed E-state index contributed by atoms with van der Waals surface area (Å²) in [4.78, 5) is 11.3. The highest BCUT2D eigenvalue weighted by atomic mass is 35.5. The van der Waals surface area contributed by atoms with Crippen molar-refractivity contribution in [3.63, 3.8) is 0 Å². The number of thioether (sulfide) groups is 1. The van der Waals surface area contributed by atoms with Crippen LogP contribution in [0, 0.1) is 5.82 Å². The molecule has 1 N–H and O–H groups in total. The quantitative estimate of drug-likeness (QED) is 0.864. The van der Waals surface area contributed by atoms with Gasteiger partial charge in [-0.25, -0.2) is 4.39 Å². The zero-order valence-corrected chi connectivity index (χ0v) is 11.2. The van der Waals surface area contributed by atoms with Crippen LogP contribution in [0.25, 0.3) is 0 Å². The Bertz CT molecular complexity index is 387. The lowest BCUT2D eigenvalue weighted by Crippen LogP contribution is -2.25. The molecule has 0 atom stereocenters. The van der Waals surface area contributed by atoms with Crippen LogP contribution in [0.1, 0.15) is 18.9 Å². The number of nitrogens with one attached hydrogen (secondary N) is 1. The molecule has 0 aromatic heterocycles. The smallest absolute Gasteiger partial charge is 0.230 e. The molecular weight excluding hydrogens is 261 g/mol. The SMILES string of the molecule is CCCNC(=O)CSCc1ccc(Cl)cc1F. The van der Waals surface area contributed by atoms with Gasteiger partial charge in [0, 0.05) is 17.3 Å². The van der Waals surface area contributed by atoms with Crippen LogP contribution in [0.15, 0.2) is 18.2 Å². The second-order valence-electron chi connectivity index (χ2n) is 3.58. The van der Waals surface area contributed by atoms with Crippen molar-refractivity contribution in [2.45, 2.75) is 19.1 Å². The number of hydrogen-bond acceptors (Lipinski definition) is 2. The van der Waals surface area contributed by atoms with Gasteiger partial charge in [0.15, 0.2) is 0 Å². The molecule has 0 unspecified atom stereocenters. The highest BCUT2D eigenvalue weighted by Crippen LogP contribution is 2.19. The molecule has 1 rings (SSSR count). The van der Waals surface area contributed by atoms with E-state index in [9.17, 15) is 9.18 Å². The maximum atomic E-state index is 13.4. The van der Waals surface area contributed by atoms with Crippen molar-refractivity contribution in [3.05, 3.63) is 34.6 Å². The normalized spacial score (nSPS) is 10.3. The van der Waals surface area contributed by atoms with Crippen LogP contribution >= 0.6 is 23.4 Å². The molecule has 0 bridgehead atoms. The van der Waals surface area contributed by atoms with E-state index in [1.54, 1.807) is 12.1 Å². The summed E-state index contributed by atoms with van der Waals surface area (Å²) in [5, 5.41) is 3.15. The summed E-state index contributed by atoms with van der Waals surface area (Å²) < 4.78 is 13.4. The molecule has 1 aromatic carbocycles. The van der Waals surface area contributed by atoms with E-state index in [1.807, 2.05) is 6.92 Å². The van der Waals surface area contributed by atoms with E-state index in [1.165, 1.54) is 17.8 Å². The van der Waals surface area contributed by atoms with Crippen molar-refractivity contribution >= 4 is 29.3 Å². The van der Waals surface area contributed by atoms with Crippen LogP contribution < -0.4 is 5.32 Å². The summed E-state index contributed by atoms with van der Waals surface area (Å²) in [6, 6.07) is 4.58. The number of halogens is 2. The molecule has 0 fully saturated rings. The van der Waals surface area contributed by atoms with Gasteiger partial charge < -0.3 is 5.32 Å². The maximum Gasteiger partial charge on any atom is 0.230 e. The van der Waals surface area contributed by atoms with E-state index in [2.05, 4.69) is 5.32 Å². The lowest BCUT2D eigenvalue weighted by Gasteiger charge is -2.05. The summed E-state index contributed by atoms with van der Waals surface area (Å²) >= 11 is 7.04. The van der Waals surface area contributed by atoms with E-state index >= 15 is 0 Å². The van der Waals surface area contributed by atoms with Gasteiger partial charge in [0.1, 0.15) is 5.82 Å². The van der Waals surface area contributed by atoms with Gasteiger partial charge in [0.2, 0.25) is 5.91 Å². The summed E-state index contributed by atoms with van der Waals surface area (Å²) in [5.41, 5.74) is 0.572. The molecule has 0 heterocycles. The first-order chi connectivity index (χ1) is 8.13. The molecule has 17 heavy (non-hydrogen) atoms. The van der Waals surface area contributed by atoms with Gasteiger partial charge in [-0.1, -0.05) is 24.6 Å². The van der Waals surface area contributed by atoms with Crippen molar-refractivity contribution in [3.8, 4) is 0 Å². The minimum Gasteiger partial charge on any atom is -0.355 e. The van der Waals surface area contributed by atoms with Gasteiger partial charge in [-0.2, -0.15) is 0 Å². The van der Waals surface area contributed by atoms with Crippen molar-refractivity contribution in [2.75, 3.05) is 12.3 Å². The van der Waals surface area contributed by atoms with E-state index < -0.39 is 0 Å². The van der Waals surface area contributed by atoms with E-state index in [4.69, 9.17) is 11.6 Å². The predicted octanol–water partition coefficient (Wildman–Crippen LogP) is 3.24. The van der Waals surface area contributed by atoms with Gasteiger partial charge in [0.05, 0.1) is 5.75 Å². The summed E-state index contributed by atoms with van der Waals surface area (Å²) in [7, 11) is 0. The fourth-order valence-corrected chi connectivity index (χ4v) is 2.21. The van der Waals surface area contributed by atoms with Crippen LogP contribution in [0.2, 0.25) is 5.02 Å². The van der Waals surface area contributed by atoms with E-state index in [-0.39, 0.29) is 11.7 Å². The Labute approximate surface area is 110 Å². The number of benzene rings is 1. The van der Waals surface area contributed by atoms with Crippen LogP contribution in [0.5, 0.6) is 0 Å². The average Bonchev–Trinajstić information content (AvgIpc) is 2.29. The number of carbonyl (C=O) groups excluding carboxylic acids is 1. The predicted molar refractivity (Wildman–Crippen MR) is 70.9 cm³/mol. The molecule has 2 nitrogen and oxygen atoms in total. The Balaban J connectivity index is 2.33. The Morgan fingerprint density at radius 1 is 1.53 bits per heavy atom. The molecule has 0 aliphatic carbocycles. The van der Waals surface area contributed by atoms with E-state index in [0.29, 0.717) is 28.6 Å². The summed E-state index contributed by atoms with van der Waals surface area (Å²) in [6.07, 6.45) is 0.919.